The van der Waals surface area contributed by atoms with Crippen molar-refractivity contribution in [3.05, 3.63) is 11.9 Å². The fraction of sp³-hybridized carbons (Fsp3) is 0.800. The van der Waals surface area contributed by atoms with E-state index in [0.29, 0.717) is 19.1 Å². The Kier molecular flexibility index (Phi) is 5.05. The van der Waals surface area contributed by atoms with Gasteiger partial charge in [-0.15, -0.1) is 5.10 Å². The first kappa shape index (κ1) is 16.7. The maximum atomic E-state index is 12.2. The van der Waals surface area contributed by atoms with Crippen LogP contribution in [-0.2, 0) is 18.3 Å². The Bertz CT molecular complexity index is 508. The molecular formula is C15H27N5O2. The minimum atomic E-state index is -0.447. The van der Waals surface area contributed by atoms with Crippen LogP contribution in [0, 0.1) is 0 Å². The van der Waals surface area contributed by atoms with Crippen LogP contribution in [0.2, 0.25) is 0 Å². The second-order valence-electron chi connectivity index (χ2n) is 7.01. The van der Waals surface area contributed by atoms with Crippen LogP contribution in [0.1, 0.15) is 46.2 Å². The maximum Gasteiger partial charge on any atom is 0.410 e. The first-order valence-electron chi connectivity index (χ1n) is 7.83. The Labute approximate surface area is 132 Å². The van der Waals surface area contributed by atoms with Crippen LogP contribution in [0.25, 0.3) is 0 Å². The molecule has 1 aromatic heterocycles. The summed E-state index contributed by atoms with van der Waals surface area (Å²) in [6, 6.07) is 0.554. The highest BCUT2D eigenvalue weighted by Gasteiger charge is 2.31. The SMILES string of the molecule is CC1CC(NCc2cn(C)nn2)CCN1C(=O)OC(C)(C)C. The number of hydrogen-bond donors (Lipinski definition) is 1. The van der Waals surface area contributed by atoms with Crippen LogP contribution in [-0.4, -0.2) is 50.2 Å². The van der Waals surface area contributed by atoms with E-state index < -0.39 is 5.60 Å². The Balaban J connectivity index is 1.80. The summed E-state index contributed by atoms with van der Waals surface area (Å²) in [6.45, 7) is 9.17. The Morgan fingerprint density at radius 3 is 2.77 bits per heavy atom. The van der Waals surface area contributed by atoms with Crippen LogP contribution in [0.3, 0.4) is 0 Å². The van der Waals surface area contributed by atoms with Crippen LogP contribution in [0.4, 0.5) is 4.79 Å². The number of aromatic nitrogens is 3. The largest absolute Gasteiger partial charge is 0.444 e. The smallest absolute Gasteiger partial charge is 0.410 e. The average Bonchev–Trinajstić information content (AvgIpc) is 2.80. The van der Waals surface area contributed by atoms with Crippen molar-refractivity contribution in [1.29, 1.82) is 0 Å². The van der Waals surface area contributed by atoms with Gasteiger partial charge in [0.15, 0.2) is 0 Å². The summed E-state index contributed by atoms with van der Waals surface area (Å²) in [5.41, 5.74) is 0.488. The van der Waals surface area contributed by atoms with Crippen LogP contribution >= 0.6 is 0 Å². The molecule has 1 fully saturated rings. The Morgan fingerprint density at radius 2 is 2.23 bits per heavy atom. The van der Waals surface area contributed by atoms with E-state index in [0.717, 1.165) is 18.5 Å². The van der Waals surface area contributed by atoms with E-state index in [9.17, 15) is 4.79 Å². The van der Waals surface area contributed by atoms with Gasteiger partial charge < -0.3 is 15.0 Å². The highest BCUT2D eigenvalue weighted by atomic mass is 16.6. The normalized spacial score (nSPS) is 22.7. The summed E-state index contributed by atoms with van der Waals surface area (Å²) in [4.78, 5) is 14.0. The molecule has 2 unspecified atom stereocenters. The zero-order valence-corrected chi connectivity index (χ0v) is 14.2. The lowest BCUT2D eigenvalue weighted by atomic mass is 9.98. The Hall–Kier alpha value is -1.63. The monoisotopic (exact) mass is 309 g/mol. The number of carbonyl (C=O) groups excluding carboxylic acids is 1. The Morgan fingerprint density at radius 1 is 1.50 bits per heavy atom. The lowest BCUT2D eigenvalue weighted by Gasteiger charge is -2.38. The lowest BCUT2D eigenvalue weighted by molar-refractivity contribution is 0.00931. The number of carbonyl (C=O) groups is 1. The zero-order chi connectivity index (χ0) is 16.3. The fourth-order valence-electron chi connectivity index (χ4n) is 2.67. The van der Waals surface area contributed by atoms with Crippen molar-refractivity contribution in [3.8, 4) is 0 Å². The van der Waals surface area contributed by atoms with E-state index in [1.807, 2.05) is 38.9 Å². The predicted molar refractivity (Wildman–Crippen MR) is 83.3 cm³/mol. The van der Waals surface area contributed by atoms with Crippen molar-refractivity contribution >= 4 is 6.09 Å². The number of nitrogens with one attached hydrogen (secondary N) is 1. The highest BCUT2D eigenvalue weighted by Crippen LogP contribution is 2.20. The van der Waals surface area contributed by atoms with Gasteiger partial charge in [0.1, 0.15) is 5.60 Å². The third-order valence-corrected chi connectivity index (χ3v) is 3.73. The molecule has 0 radical (unpaired) electrons. The molecule has 2 rings (SSSR count). The second-order valence-corrected chi connectivity index (χ2v) is 7.01. The van der Waals surface area contributed by atoms with Gasteiger partial charge in [0.25, 0.3) is 0 Å². The maximum absolute atomic E-state index is 12.2. The van der Waals surface area contributed by atoms with Gasteiger partial charge in [-0.1, -0.05) is 5.21 Å². The van der Waals surface area contributed by atoms with Crippen LogP contribution in [0.15, 0.2) is 6.20 Å². The highest BCUT2D eigenvalue weighted by molar-refractivity contribution is 5.68. The molecule has 2 heterocycles. The quantitative estimate of drug-likeness (QED) is 0.920. The van der Waals surface area contributed by atoms with E-state index >= 15 is 0 Å². The van der Waals surface area contributed by atoms with Gasteiger partial charge in [0.2, 0.25) is 0 Å². The molecule has 1 aromatic rings. The number of aryl methyl sites for hydroxylation is 1. The summed E-state index contributed by atoms with van der Waals surface area (Å²) >= 11 is 0. The topological polar surface area (TPSA) is 72.3 Å². The minimum Gasteiger partial charge on any atom is -0.444 e. The summed E-state index contributed by atoms with van der Waals surface area (Å²) in [5, 5.41) is 11.5. The van der Waals surface area contributed by atoms with Crippen molar-refractivity contribution in [2.45, 2.75) is 64.8 Å². The molecule has 0 saturated carbocycles. The molecule has 0 aromatic carbocycles. The van der Waals surface area contributed by atoms with Gasteiger partial charge in [0, 0.05) is 38.4 Å². The van der Waals surface area contributed by atoms with E-state index in [-0.39, 0.29) is 12.1 Å². The van der Waals surface area contributed by atoms with Gasteiger partial charge >= 0.3 is 6.09 Å². The minimum absolute atomic E-state index is 0.169. The first-order valence-corrected chi connectivity index (χ1v) is 7.83. The number of ether oxygens (including phenoxy) is 1. The van der Waals surface area contributed by atoms with Gasteiger partial charge in [-0.05, 0) is 40.5 Å². The van der Waals surface area contributed by atoms with Crippen molar-refractivity contribution in [3.63, 3.8) is 0 Å². The standard InChI is InChI=1S/C15H27N5O2/c1-11-8-12(16-9-13-10-19(5)18-17-13)6-7-20(11)14(21)22-15(2,3)4/h10-12,16H,6-9H2,1-5H3. The molecule has 1 amide bonds. The molecule has 124 valence electrons. The number of nitrogens with zero attached hydrogens (tertiary/aromatic N) is 4. The third kappa shape index (κ3) is 4.69. The lowest BCUT2D eigenvalue weighted by Crippen LogP contribution is -2.50. The summed E-state index contributed by atoms with van der Waals surface area (Å²) in [5.74, 6) is 0. The summed E-state index contributed by atoms with van der Waals surface area (Å²) < 4.78 is 7.16. The third-order valence-electron chi connectivity index (χ3n) is 3.73. The molecule has 0 spiro atoms. The van der Waals surface area contributed by atoms with Gasteiger partial charge in [0.05, 0.1) is 5.69 Å². The van der Waals surface area contributed by atoms with Gasteiger partial charge in [-0.25, -0.2) is 4.79 Å². The van der Waals surface area contributed by atoms with E-state index in [1.54, 1.807) is 4.68 Å². The summed E-state index contributed by atoms with van der Waals surface area (Å²) in [6.07, 6.45) is 3.53. The van der Waals surface area contributed by atoms with Crippen LogP contribution in [0.5, 0.6) is 0 Å². The molecule has 0 aliphatic carbocycles. The average molecular weight is 309 g/mol. The molecule has 22 heavy (non-hydrogen) atoms. The molecule has 1 N–H and O–H groups in total. The number of amides is 1. The molecule has 7 heteroatoms. The number of hydrogen-bond acceptors (Lipinski definition) is 5. The van der Waals surface area contributed by atoms with Gasteiger partial charge in [-0.2, -0.15) is 0 Å². The van der Waals surface area contributed by atoms with Crippen LogP contribution < -0.4 is 5.32 Å². The first-order chi connectivity index (χ1) is 10.2. The molecule has 1 aliphatic rings. The molecular weight excluding hydrogens is 282 g/mol. The van der Waals surface area contributed by atoms with E-state index in [2.05, 4.69) is 22.6 Å². The van der Waals surface area contributed by atoms with Crippen molar-refractivity contribution in [2.75, 3.05) is 6.54 Å². The number of rotatable bonds is 3. The zero-order valence-electron chi connectivity index (χ0n) is 14.2. The second kappa shape index (κ2) is 6.64. The molecule has 1 aliphatic heterocycles. The van der Waals surface area contributed by atoms with E-state index in [1.165, 1.54) is 0 Å². The molecule has 7 nitrogen and oxygen atoms in total. The van der Waals surface area contributed by atoms with Crippen molar-refractivity contribution < 1.29 is 9.53 Å². The summed E-state index contributed by atoms with van der Waals surface area (Å²) in [7, 11) is 1.86. The van der Waals surface area contributed by atoms with Crippen molar-refractivity contribution in [1.82, 2.24) is 25.2 Å². The van der Waals surface area contributed by atoms with Gasteiger partial charge in [-0.3, -0.25) is 4.68 Å². The molecule has 0 bridgehead atoms. The van der Waals surface area contributed by atoms with Crippen molar-refractivity contribution in [2.24, 2.45) is 7.05 Å². The molecule has 1 saturated heterocycles. The van der Waals surface area contributed by atoms with E-state index in [4.69, 9.17) is 4.74 Å². The number of likely N-dealkylation sites (tertiary alicyclic amines) is 1. The molecule has 2 atom stereocenters. The predicted octanol–water partition coefficient (Wildman–Crippen LogP) is 1.69. The number of piperidine rings is 1. The fourth-order valence-corrected chi connectivity index (χ4v) is 2.67.